The molecule has 0 heterocycles. The largest absolute Gasteiger partial charge is 0.508 e. The molecule has 0 spiro atoms. The van der Waals surface area contributed by atoms with Crippen LogP contribution in [0.3, 0.4) is 0 Å². The van der Waals surface area contributed by atoms with Crippen LogP contribution in [-0.2, 0) is 25.6 Å². The first-order chi connectivity index (χ1) is 18.8. The molecule has 0 aliphatic rings. The van der Waals surface area contributed by atoms with Crippen LogP contribution in [0.5, 0.6) is 5.75 Å². The molecular weight excluding hydrogens is 520 g/mol. The van der Waals surface area contributed by atoms with E-state index in [1.165, 1.54) is 12.1 Å². The van der Waals surface area contributed by atoms with Gasteiger partial charge in [0.05, 0.1) is 6.04 Å². The Labute approximate surface area is 234 Å². The van der Waals surface area contributed by atoms with Gasteiger partial charge in [-0.05, 0) is 62.3 Å². The Balaban J connectivity index is 3.09. The minimum Gasteiger partial charge on any atom is -0.508 e. The zero-order valence-corrected chi connectivity index (χ0v) is 23.1. The van der Waals surface area contributed by atoms with Crippen molar-refractivity contribution in [1.29, 1.82) is 0 Å². The van der Waals surface area contributed by atoms with Gasteiger partial charge in [-0.2, -0.15) is 0 Å². The normalized spacial score (nSPS) is 13.9. The molecule has 0 aliphatic heterocycles. The average molecular weight is 565 g/mol. The van der Waals surface area contributed by atoms with E-state index in [4.69, 9.17) is 22.9 Å². The molecule has 1 rings (SSSR count). The maximum atomic E-state index is 13.3. The molecule has 1 aromatic carbocycles. The number of amides is 3. The highest BCUT2D eigenvalue weighted by Crippen LogP contribution is 2.12. The molecule has 3 amide bonds. The van der Waals surface area contributed by atoms with E-state index in [-0.39, 0.29) is 43.4 Å². The summed E-state index contributed by atoms with van der Waals surface area (Å²) in [4.78, 5) is 54.9. The number of carboxylic acid groups (broad SMARTS) is 1. The van der Waals surface area contributed by atoms with Crippen molar-refractivity contribution in [2.45, 2.75) is 76.5 Å². The number of carbonyl (C=O) groups excluding carboxylic acids is 3. The van der Waals surface area contributed by atoms with Gasteiger partial charge in [0, 0.05) is 13.0 Å². The Morgan fingerprint density at radius 1 is 0.850 bits per heavy atom. The van der Waals surface area contributed by atoms with E-state index in [1.807, 2.05) is 0 Å². The standard InChI is InChI=1S/C26H44N8O6/c1-15(2)21(28)24(38)33-18(6-3-4-12-27)22(36)32-19(7-5-13-31-26(29)30)23(37)34-20(25(39)40)14-16-8-10-17(35)11-9-16/h8-11,15,18-21,35H,3-7,12-14,27-28H2,1-2H3,(H,32,36)(H,33,38)(H,34,37)(H,39,40)(H4,29,30,31). The molecule has 0 aliphatic carbocycles. The fourth-order valence-electron chi connectivity index (χ4n) is 3.72. The molecule has 0 saturated carbocycles. The van der Waals surface area contributed by atoms with Crippen molar-refractivity contribution >= 4 is 29.7 Å². The summed E-state index contributed by atoms with van der Waals surface area (Å²) in [6.07, 6.45) is 1.77. The minimum absolute atomic E-state index is 0.0191. The van der Waals surface area contributed by atoms with Crippen molar-refractivity contribution in [2.75, 3.05) is 13.1 Å². The monoisotopic (exact) mass is 564 g/mol. The lowest BCUT2D eigenvalue weighted by Crippen LogP contribution is -2.57. The fraction of sp³-hybridized carbons (Fsp3) is 0.577. The summed E-state index contributed by atoms with van der Waals surface area (Å²) >= 11 is 0. The summed E-state index contributed by atoms with van der Waals surface area (Å²) in [6.45, 7) is 4.14. The number of hydrogen-bond acceptors (Lipinski definition) is 8. The molecule has 1 aromatic rings. The highest BCUT2D eigenvalue weighted by molar-refractivity contribution is 5.94. The summed E-state index contributed by atoms with van der Waals surface area (Å²) in [5.74, 6) is -3.40. The highest BCUT2D eigenvalue weighted by Gasteiger charge is 2.30. The molecule has 0 aromatic heterocycles. The molecule has 4 unspecified atom stereocenters. The number of carboxylic acids is 1. The second-order valence-corrected chi connectivity index (χ2v) is 9.90. The van der Waals surface area contributed by atoms with Crippen molar-refractivity contribution < 1.29 is 29.4 Å². The van der Waals surface area contributed by atoms with E-state index >= 15 is 0 Å². The smallest absolute Gasteiger partial charge is 0.326 e. The fourth-order valence-corrected chi connectivity index (χ4v) is 3.72. The number of rotatable bonds is 18. The lowest BCUT2D eigenvalue weighted by molar-refractivity contribution is -0.142. The number of nitrogens with zero attached hydrogens (tertiary/aromatic N) is 1. The molecule has 0 saturated heterocycles. The number of benzene rings is 1. The first-order valence-corrected chi connectivity index (χ1v) is 13.3. The first kappa shape index (κ1) is 34.1. The van der Waals surface area contributed by atoms with Crippen LogP contribution in [-0.4, -0.2) is 77.1 Å². The number of hydrogen-bond donors (Lipinski definition) is 9. The van der Waals surface area contributed by atoms with Gasteiger partial charge in [0.1, 0.15) is 23.9 Å². The number of carbonyl (C=O) groups is 4. The third-order valence-corrected chi connectivity index (χ3v) is 6.17. The van der Waals surface area contributed by atoms with Gasteiger partial charge in [0.2, 0.25) is 17.7 Å². The van der Waals surface area contributed by atoms with Crippen LogP contribution in [0.1, 0.15) is 51.5 Å². The van der Waals surface area contributed by atoms with Gasteiger partial charge in [-0.15, -0.1) is 0 Å². The third-order valence-electron chi connectivity index (χ3n) is 6.17. The van der Waals surface area contributed by atoms with E-state index in [9.17, 15) is 29.4 Å². The molecule has 14 heteroatoms. The quantitative estimate of drug-likeness (QED) is 0.0574. The van der Waals surface area contributed by atoms with Gasteiger partial charge in [-0.25, -0.2) is 4.79 Å². The first-order valence-electron chi connectivity index (χ1n) is 13.3. The number of aliphatic imine (C=N–C) groups is 1. The number of phenolic OH excluding ortho intramolecular Hbond substituents is 1. The maximum Gasteiger partial charge on any atom is 0.326 e. The molecule has 0 fully saturated rings. The predicted molar refractivity (Wildman–Crippen MR) is 151 cm³/mol. The van der Waals surface area contributed by atoms with Crippen LogP contribution < -0.4 is 38.9 Å². The summed E-state index contributed by atoms with van der Waals surface area (Å²) in [6, 6.07) is 1.64. The highest BCUT2D eigenvalue weighted by atomic mass is 16.4. The third kappa shape index (κ3) is 12.8. The Morgan fingerprint density at radius 3 is 1.88 bits per heavy atom. The number of nitrogens with one attached hydrogen (secondary N) is 3. The average Bonchev–Trinajstić information content (AvgIpc) is 2.89. The van der Waals surface area contributed by atoms with Crippen molar-refractivity contribution in [3.05, 3.63) is 29.8 Å². The molecule has 4 atom stereocenters. The Morgan fingerprint density at radius 2 is 1.38 bits per heavy atom. The lowest BCUT2D eigenvalue weighted by atomic mass is 10.0. The molecule has 40 heavy (non-hydrogen) atoms. The lowest BCUT2D eigenvalue weighted by Gasteiger charge is -2.26. The van der Waals surface area contributed by atoms with Crippen molar-refractivity contribution in [1.82, 2.24) is 16.0 Å². The molecular formula is C26H44N8O6. The number of phenols is 1. The Kier molecular flexibility index (Phi) is 15.0. The molecule has 13 N–H and O–H groups in total. The van der Waals surface area contributed by atoms with Crippen LogP contribution in [0.15, 0.2) is 29.3 Å². The van der Waals surface area contributed by atoms with Gasteiger partial charge in [-0.3, -0.25) is 19.4 Å². The SMILES string of the molecule is CC(C)C(N)C(=O)NC(CCCCN)C(=O)NC(CCCN=C(N)N)C(=O)NC(Cc1ccc(O)cc1)C(=O)O. The maximum absolute atomic E-state index is 13.3. The zero-order chi connectivity index (χ0) is 30.2. The van der Waals surface area contributed by atoms with Crippen molar-refractivity contribution in [3.63, 3.8) is 0 Å². The number of unbranched alkanes of at least 4 members (excludes halogenated alkanes) is 1. The van der Waals surface area contributed by atoms with Crippen LogP contribution in [0.2, 0.25) is 0 Å². The number of aromatic hydroxyl groups is 1. The van der Waals surface area contributed by atoms with Crippen LogP contribution in [0.25, 0.3) is 0 Å². The molecule has 224 valence electrons. The van der Waals surface area contributed by atoms with E-state index in [0.717, 1.165) is 0 Å². The second-order valence-electron chi connectivity index (χ2n) is 9.90. The number of nitrogens with two attached hydrogens (primary N) is 4. The summed E-state index contributed by atoms with van der Waals surface area (Å²) in [5, 5.41) is 27.0. The van der Waals surface area contributed by atoms with Gasteiger partial charge < -0.3 is 49.1 Å². The number of guanidine groups is 1. The van der Waals surface area contributed by atoms with Crippen molar-refractivity contribution in [2.24, 2.45) is 33.8 Å². The molecule has 0 radical (unpaired) electrons. The van der Waals surface area contributed by atoms with E-state index in [1.54, 1.807) is 26.0 Å². The zero-order valence-electron chi connectivity index (χ0n) is 23.1. The van der Waals surface area contributed by atoms with E-state index in [2.05, 4.69) is 20.9 Å². The predicted octanol–water partition coefficient (Wildman–Crippen LogP) is -1.36. The molecule has 14 nitrogen and oxygen atoms in total. The van der Waals surface area contributed by atoms with Crippen LogP contribution in [0.4, 0.5) is 0 Å². The summed E-state index contributed by atoms with van der Waals surface area (Å²) in [7, 11) is 0. The summed E-state index contributed by atoms with van der Waals surface area (Å²) < 4.78 is 0. The Bertz CT molecular complexity index is 997. The van der Waals surface area contributed by atoms with Crippen molar-refractivity contribution in [3.8, 4) is 5.75 Å². The van der Waals surface area contributed by atoms with Gasteiger partial charge in [0.25, 0.3) is 0 Å². The van der Waals surface area contributed by atoms with Gasteiger partial charge >= 0.3 is 5.97 Å². The van der Waals surface area contributed by atoms with Crippen LogP contribution >= 0.6 is 0 Å². The minimum atomic E-state index is -1.31. The summed E-state index contributed by atoms with van der Waals surface area (Å²) in [5.41, 5.74) is 22.8. The van der Waals surface area contributed by atoms with Gasteiger partial charge in [0.15, 0.2) is 5.96 Å². The topological polar surface area (TPSA) is 261 Å². The van der Waals surface area contributed by atoms with Crippen LogP contribution in [0, 0.1) is 5.92 Å². The van der Waals surface area contributed by atoms with E-state index < -0.39 is 47.9 Å². The van der Waals surface area contributed by atoms with Gasteiger partial charge in [-0.1, -0.05) is 26.0 Å². The molecule has 0 bridgehead atoms. The Hall–Kier alpha value is -3.91. The second kappa shape index (κ2) is 17.6. The van der Waals surface area contributed by atoms with E-state index in [0.29, 0.717) is 31.4 Å². The number of aliphatic carboxylic acids is 1.